The van der Waals surface area contributed by atoms with Gasteiger partial charge in [0.1, 0.15) is 0 Å². The second-order valence-corrected chi connectivity index (χ2v) is 14.6. The molecule has 2 aliphatic carbocycles. The zero-order valence-electron chi connectivity index (χ0n) is 13.2. The summed E-state index contributed by atoms with van der Waals surface area (Å²) in [6.07, 6.45) is 3.61. The van der Waals surface area contributed by atoms with Gasteiger partial charge in [-0.1, -0.05) is 0 Å². The molecule has 21 heavy (non-hydrogen) atoms. The van der Waals surface area contributed by atoms with E-state index in [-0.39, 0.29) is 11.5 Å². The van der Waals surface area contributed by atoms with Crippen LogP contribution < -0.4 is 0 Å². The molecule has 0 saturated heterocycles. The quantitative estimate of drug-likeness (QED) is 0.631. The maximum absolute atomic E-state index is 10.7. The van der Waals surface area contributed by atoms with Gasteiger partial charge in [0, 0.05) is 0 Å². The van der Waals surface area contributed by atoms with E-state index < -0.39 is 19.6 Å². The van der Waals surface area contributed by atoms with Gasteiger partial charge in [-0.05, 0) is 0 Å². The van der Waals surface area contributed by atoms with Crippen molar-refractivity contribution in [1.82, 2.24) is 0 Å². The minimum absolute atomic E-state index is 0.0421. The second kappa shape index (κ2) is 5.82. The van der Waals surface area contributed by atoms with Gasteiger partial charge in [0.15, 0.2) is 0 Å². The van der Waals surface area contributed by atoms with E-state index in [2.05, 4.69) is 59.0 Å². The first-order chi connectivity index (χ1) is 9.85. The Balaban J connectivity index is 1.72. The standard InChI is InChI=1S/C18H26BrOTe/c1-17(2)14-8-9-18(17,16(20)10-14)12-21(3)11-13-4-6-15(19)7-5-13/h4-7,14,16,20H,8-12H2,1-3H3/q+1. The fraction of sp³-hybridized carbons (Fsp3) is 0.667. The average molecular weight is 466 g/mol. The average Bonchev–Trinajstić information content (AvgIpc) is 2.75. The summed E-state index contributed by atoms with van der Waals surface area (Å²) in [5, 5.41) is 10.7. The van der Waals surface area contributed by atoms with Gasteiger partial charge in [-0.3, -0.25) is 0 Å². The van der Waals surface area contributed by atoms with Crippen LogP contribution in [0.2, 0.25) is 9.44 Å². The molecule has 116 valence electrons. The Morgan fingerprint density at radius 1 is 1.29 bits per heavy atom. The van der Waals surface area contributed by atoms with Crippen LogP contribution in [0.4, 0.5) is 0 Å². The van der Waals surface area contributed by atoms with E-state index >= 15 is 0 Å². The number of halogens is 1. The molecular weight excluding hydrogens is 440 g/mol. The Hall–Kier alpha value is 0.450. The van der Waals surface area contributed by atoms with E-state index in [1.54, 1.807) is 0 Å². The Morgan fingerprint density at radius 3 is 2.48 bits per heavy atom. The first-order valence-corrected chi connectivity index (χ1v) is 14.3. The van der Waals surface area contributed by atoms with E-state index in [0.29, 0.717) is 5.41 Å². The SMILES string of the molecule is C[Te+](Cc1ccc(Br)cc1)CC12CCC(CC1O)C2(C)C. The molecule has 3 atom stereocenters. The maximum atomic E-state index is 10.7. The normalized spacial score (nSPS) is 33.8. The summed E-state index contributed by atoms with van der Waals surface area (Å²) in [6, 6.07) is 8.82. The number of aliphatic hydroxyl groups is 1. The number of hydrogen-bond acceptors (Lipinski definition) is 1. The zero-order valence-corrected chi connectivity index (χ0v) is 17.1. The predicted octanol–water partition coefficient (Wildman–Crippen LogP) is 4.84. The number of benzene rings is 1. The van der Waals surface area contributed by atoms with Gasteiger partial charge in [-0.25, -0.2) is 0 Å². The van der Waals surface area contributed by atoms with Crippen LogP contribution in [-0.2, 0) is 4.47 Å². The number of hydrogen-bond donors (Lipinski definition) is 1. The molecule has 1 N–H and O–H groups in total. The molecule has 2 bridgehead atoms. The Bertz CT molecular complexity index is 512. The van der Waals surface area contributed by atoms with E-state index in [1.807, 2.05) is 0 Å². The molecule has 1 aromatic carbocycles. The Labute approximate surface area is 144 Å². The number of aliphatic hydroxyl groups excluding tert-OH is 1. The Morgan fingerprint density at radius 2 is 1.95 bits per heavy atom. The van der Waals surface area contributed by atoms with Gasteiger partial charge in [0.2, 0.25) is 0 Å². The van der Waals surface area contributed by atoms with Crippen LogP contribution in [0.15, 0.2) is 28.7 Å². The first-order valence-electron chi connectivity index (χ1n) is 7.87. The molecule has 3 heteroatoms. The Kier molecular flexibility index (Phi) is 4.52. The molecule has 0 radical (unpaired) electrons. The van der Waals surface area contributed by atoms with Gasteiger partial charge >= 0.3 is 145 Å². The third kappa shape index (κ3) is 2.73. The fourth-order valence-corrected chi connectivity index (χ4v) is 12.0. The van der Waals surface area contributed by atoms with Crippen LogP contribution in [0.1, 0.15) is 38.7 Å². The molecular formula is C18H26BrOTe+. The molecule has 3 unspecified atom stereocenters. The summed E-state index contributed by atoms with van der Waals surface area (Å²) in [6.45, 7) is 4.85. The van der Waals surface area contributed by atoms with Crippen molar-refractivity contribution in [3.63, 3.8) is 0 Å². The number of rotatable bonds is 4. The van der Waals surface area contributed by atoms with E-state index in [1.165, 1.54) is 27.3 Å². The molecule has 2 aliphatic rings. The molecule has 0 aromatic heterocycles. The van der Waals surface area contributed by atoms with Crippen molar-refractivity contribution in [1.29, 1.82) is 0 Å². The molecule has 0 aliphatic heterocycles. The summed E-state index contributed by atoms with van der Waals surface area (Å²) >= 11 is 2.33. The van der Waals surface area contributed by atoms with Gasteiger partial charge in [0.25, 0.3) is 0 Å². The second-order valence-electron chi connectivity index (χ2n) is 7.56. The first kappa shape index (κ1) is 16.3. The third-order valence-electron chi connectivity index (χ3n) is 6.22. The fourth-order valence-electron chi connectivity index (χ4n) is 4.74. The number of fused-ring (bicyclic) bond motifs is 2. The summed E-state index contributed by atoms with van der Waals surface area (Å²) in [5.74, 6) is 0.756. The van der Waals surface area contributed by atoms with Crippen molar-refractivity contribution in [2.75, 3.05) is 0 Å². The molecule has 1 aromatic rings. The monoisotopic (exact) mass is 467 g/mol. The topological polar surface area (TPSA) is 20.2 Å². The zero-order chi connectivity index (χ0) is 15.3. The summed E-state index contributed by atoms with van der Waals surface area (Å²) in [4.78, 5) is 2.52. The molecule has 3 rings (SSSR count). The summed E-state index contributed by atoms with van der Waals surface area (Å²) < 4.78 is 3.78. The van der Waals surface area contributed by atoms with Crippen molar-refractivity contribution >= 4 is 35.5 Å². The van der Waals surface area contributed by atoms with Crippen LogP contribution in [0, 0.1) is 16.7 Å². The van der Waals surface area contributed by atoms with Crippen LogP contribution in [0.25, 0.3) is 0 Å². The van der Waals surface area contributed by atoms with Gasteiger partial charge in [-0.15, -0.1) is 0 Å². The summed E-state index contributed by atoms with van der Waals surface area (Å²) in [5.41, 5.74) is 2.06. The van der Waals surface area contributed by atoms with Crippen LogP contribution >= 0.6 is 15.9 Å². The van der Waals surface area contributed by atoms with Gasteiger partial charge in [0.05, 0.1) is 0 Å². The molecule has 2 fully saturated rings. The van der Waals surface area contributed by atoms with E-state index in [0.717, 1.165) is 16.8 Å². The van der Waals surface area contributed by atoms with Crippen molar-refractivity contribution in [2.45, 2.75) is 53.1 Å². The molecule has 2 saturated carbocycles. The van der Waals surface area contributed by atoms with Gasteiger partial charge in [-0.2, -0.15) is 0 Å². The molecule has 0 spiro atoms. The van der Waals surface area contributed by atoms with Crippen molar-refractivity contribution in [3.8, 4) is 0 Å². The third-order valence-corrected chi connectivity index (χ3v) is 12.0. The van der Waals surface area contributed by atoms with Crippen molar-refractivity contribution in [3.05, 3.63) is 34.3 Å². The van der Waals surface area contributed by atoms with Crippen molar-refractivity contribution < 1.29 is 5.11 Å². The molecule has 0 amide bonds. The summed E-state index contributed by atoms with van der Waals surface area (Å²) in [7, 11) is 0. The van der Waals surface area contributed by atoms with Crippen LogP contribution in [-0.4, -0.2) is 30.8 Å². The van der Waals surface area contributed by atoms with E-state index in [9.17, 15) is 5.11 Å². The molecule has 1 nitrogen and oxygen atoms in total. The van der Waals surface area contributed by atoms with E-state index in [4.69, 9.17) is 0 Å². The predicted molar refractivity (Wildman–Crippen MR) is 93.8 cm³/mol. The van der Waals surface area contributed by atoms with Crippen molar-refractivity contribution in [2.24, 2.45) is 16.7 Å². The molecule has 0 heterocycles. The van der Waals surface area contributed by atoms with Crippen LogP contribution in [0.5, 0.6) is 0 Å². The van der Waals surface area contributed by atoms with Gasteiger partial charge < -0.3 is 0 Å². The minimum atomic E-state index is -1.18. The van der Waals surface area contributed by atoms with Crippen LogP contribution in [0.3, 0.4) is 0 Å².